The van der Waals surface area contributed by atoms with Crippen molar-refractivity contribution in [1.82, 2.24) is 5.32 Å². The molecule has 1 fully saturated rings. The van der Waals surface area contributed by atoms with Gasteiger partial charge in [0.2, 0.25) is 0 Å². The average molecular weight is 290 g/mol. The van der Waals surface area contributed by atoms with Gasteiger partial charge in [0, 0.05) is 11.7 Å². The normalized spacial score (nSPS) is 18.8. The van der Waals surface area contributed by atoms with Gasteiger partial charge in [0.15, 0.2) is 0 Å². The predicted molar refractivity (Wildman–Crippen MR) is 85.3 cm³/mol. The maximum absolute atomic E-state index is 12.1. The van der Waals surface area contributed by atoms with Crippen LogP contribution in [0.3, 0.4) is 0 Å². The summed E-state index contributed by atoms with van der Waals surface area (Å²) < 4.78 is 0. The molecule has 3 N–H and O–H groups in total. The molecule has 0 saturated heterocycles. The van der Waals surface area contributed by atoms with E-state index in [0.717, 1.165) is 5.56 Å². The fourth-order valence-electron chi connectivity index (χ4n) is 3.00. The molecule has 2 unspecified atom stereocenters. The molecule has 1 aliphatic rings. The first-order valence-corrected chi connectivity index (χ1v) is 7.92. The number of carbonyl (C=O) groups is 1. The van der Waals surface area contributed by atoms with Gasteiger partial charge in [0.1, 0.15) is 0 Å². The summed E-state index contributed by atoms with van der Waals surface area (Å²) in [6, 6.07) is 7.34. The number of anilines is 1. The van der Waals surface area contributed by atoms with Gasteiger partial charge in [-0.1, -0.05) is 31.4 Å². The second-order valence-corrected chi connectivity index (χ2v) is 6.09. The third-order valence-corrected chi connectivity index (χ3v) is 4.34. The quantitative estimate of drug-likeness (QED) is 0.789. The molecule has 0 aliphatic heterocycles. The molecule has 1 aromatic carbocycles. The van der Waals surface area contributed by atoms with Crippen LogP contribution in [-0.2, 0) is 0 Å². The van der Waals surface area contributed by atoms with Crippen LogP contribution in [0.5, 0.6) is 0 Å². The number of urea groups is 1. The van der Waals surface area contributed by atoms with Crippen LogP contribution in [0.1, 0.15) is 57.6 Å². The first-order valence-electron chi connectivity index (χ1n) is 7.92. The molecule has 1 aromatic rings. The molecule has 0 radical (unpaired) electrons. The van der Waals surface area contributed by atoms with Crippen molar-refractivity contribution in [3.8, 4) is 0 Å². The van der Waals surface area contributed by atoms with E-state index in [1.54, 1.807) is 13.0 Å². The smallest absolute Gasteiger partial charge is 0.319 e. The first kappa shape index (κ1) is 15.8. The topological polar surface area (TPSA) is 61.4 Å². The molecule has 2 rings (SSSR count). The fourth-order valence-corrected chi connectivity index (χ4v) is 3.00. The zero-order chi connectivity index (χ0) is 15.2. The minimum atomic E-state index is -0.532. The van der Waals surface area contributed by atoms with E-state index in [-0.39, 0.29) is 12.1 Å². The van der Waals surface area contributed by atoms with Crippen LogP contribution in [0.15, 0.2) is 24.3 Å². The van der Waals surface area contributed by atoms with Crippen LogP contribution in [0, 0.1) is 5.92 Å². The molecule has 0 bridgehead atoms. The van der Waals surface area contributed by atoms with Crippen molar-refractivity contribution >= 4 is 11.7 Å². The maximum Gasteiger partial charge on any atom is 0.319 e. The van der Waals surface area contributed by atoms with Gasteiger partial charge in [0.05, 0.1) is 6.10 Å². The Morgan fingerprint density at radius 3 is 2.62 bits per heavy atom. The molecule has 0 aromatic heterocycles. The zero-order valence-corrected chi connectivity index (χ0v) is 12.9. The predicted octanol–water partition coefficient (Wildman–Crippen LogP) is 3.83. The van der Waals surface area contributed by atoms with E-state index in [1.807, 2.05) is 18.2 Å². The van der Waals surface area contributed by atoms with E-state index in [4.69, 9.17) is 0 Å². The minimum Gasteiger partial charge on any atom is -0.389 e. The van der Waals surface area contributed by atoms with E-state index in [2.05, 4.69) is 17.6 Å². The van der Waals surface area contributed by atoms with Crippen LogP contribution in [-0.4, -0.2) is 17.2 Å². The first-order chi connectivity index (χ1) is 10.1. The number of hydrogen-bond donors (Lipinski definition) is 3. The van der Waals surface area contributed by atoms with Crippen molar-refractivity contribution in [3.05, 3.63) is 29.8 Å². The van der Waals surface area contributed by atoms with Gasteiger partial charge in [-0.15, -0.1) is 0 Å². The maximum atomic E-state index is 12.1. The number of hydrogen-bond acceptors (Lipinski definition) is 2. The summed E-state index contributed by atoms with van der Waals surface area (Å²) in [6.45, 7) is 3.80. The Morgan fingerprint density at radius 2 is 1.95 bits per heavy atom. The van der Waals surface area contributed by atoms with E-state index >= 15 is 0 Å². The highest BCUT2D eigenvalue weighted by Crippen LogP contribution is 2.26. The van der Waals surface area contributed by atoms with Crippen LogP contribution in [0.25, 0.3) is 0 Å². The zero-order valence-electron chi connectivity index (χ0n) is 12.9. The third-order valence-electron chi connectivity index (χ3n) is 4.34. The van der Waals surface area contributed by atoms with E-state index in [9.17, 15) is 9.90 Å². The second-order valence-electron chi connectivity index (χ2n) is 6.09. The number of nitrogens with one attached hydrogen (secondary N) is 2. The van der Waals surface area contributed by atoms with Gasteiger partial charge >= 0.3 is 6.03 Å². The summed E-state index contributed by atoms with van der Waals surface area (Å²) in [6.07, 6.45) is 5.75. The minimum absolute atomic E-state index is 0.171. The van der Waals surface area contributed by atoms with E-state index in [1.165, 1.54) is 32.1 Å². The Morgan fingerprint density at radius 1 is 1.24 bits per heavy atom. The summed E-state index contributed by atoms with van der Waals surface area (Å²) in [7, 11) is 0. The van der Waals surface area contributed by atoms with Crippen molar-refractivity contribution in [3.63, 3.8) is 0 Å². The molecule has 2 atom stereocenters. The summed E-state index contributed by atoms with van der Waals surface area (Å²) >= 11 is 0. The highest BCUT2D eigenvalue weighted by molar-refractivity contribution is 5.89. The molecule has 116 valence electrons. The lowest BCUT2D eigenvalue weighted by atomic mass is 9.85. The molecule has 0 spiro atoms. The molecule has 2 amide bonds. The molecule has 1 saturated carbocycles. The van der Waals surface area contributed by atoms with Crippen molar-refractivity contribution < 1.29 is 9.90 Å². The summed E-state index contributed by atoms with van der Waals surface area (Å²) in [5.74, 6) is 0.591. The lowest BCUT2D eigenvalue weighted by Crippen LogP contribution is -2.41. The van der Waals surface area contributed by atoms with Crippen LogP contribution in [0.2, 0.25) is 0 Å². The molecule has 1 aliphatic carbocycles. The Labute approximate surface area is 126 Å². The molecular formula is C17H26N2O2. The Kier molecular flexibility index (Phi) is 5.62. The molecular weight excluding hydrogens is 264 g/mol. The lowest BCUT2D eigenvalue weighted by molar-refractivity contribution is 0.199. The van der Waals surface area contributed by atoms with Gasteiger partial charge in [-0.3, -0.25) is 0 Å². The average Bonchev–Trinajstić information content (AvgIpc) is 2.48. The van der Waals surface area contributed by atoms with Crippen molar-refractivity contribution in [2.45, 2.75) is 58.1 Å². The second kappa shape index (κ2) is 7.46. The van der Waals surface area contributed by atoms with Gasteiger partial charge < -0.3 is 15.7 Å². The summed E-state index contributed by atoms with van der Waals surface area (Å²) in [5, 5.41) is 15.4. The van der Waals surface area contributed by atoms with Crippen molar-refractivity contribution in [1.29, 1.82) is 0 Å². The molecule has 0 heterocycles. The summed E-state index contributed by atoms with van der Waals surface area (Å²) in [4.78, 5) is 12.1. The van der Waals surface area contributed by atoms with E-state index < -0.39 is 6.10 Å². The Bertz CT molecular complexity index is 468. The Balaban J connectivity index is 1.87. The number of benzene rings is 1. The monoisotopic (exact) mass is 290 g/mol. The van der Waals surface area contributed by atoms with Gasteiger partial charge in [-0.05, 0) is 50.3 Å². The van der Waals surface area contributed by atoms with Crippen LogP contribution >= 0.6 is 0 Å². The molecule has 4 nitrogen and oxygen atoms in total. The van der Waals surface area contributed by atoms with Crippen molar-refractivity contribution in [2.24, 2.45) is 5.92 Å². The summed E-state index contributed by atoms with van der Waals surface area (Å²) in [5.41, 5.74) is 1.51. The highest BCUT2D eigenvalue weighted by atomic mass is 16.3. The number of amides is 2. The Hall–Kier alpha value is -1.55. The van der Waals surface area contributed by atoms with Gasteiger partial charge in [-0.25, -0.2) is 4.79 Å². The fraction of sp³-hybridized carbons (Fsp3) is 0.588. The van der Waals surface area contributed by atoms with Gasteiger partial charge in [-0.2, -0.15) is 0 Å². The standard InChI is InChI=1S/C17H26N2O2/c1-12(14-7-4-3-5-8-14)18-17(21)19-16-10-6-9-15(11-16)13(2)20/h6,9-14,20H,3-5,7-8H2,1-2H3,(H2,18,19,21). The lowest BCUT2D eigenvalue weighted by Gasteiger charge is -2.28. The number of aliphatic hydroxyl groups excluding tert-OH is 1. The SMILES string of the molecule is CC(O)c1cccc(NC(=O)NC(C)C2CCCCC2)c1. The van der Waals surface area contributed by atoms with E-state index in [0.29, 0.717) is 11.6 Å². The number of carbonyl (C=O) groups excluding carboxylic acids is 1. The molecule has 21 heavy (non-hydrogen) atoms. The number of aliphatic hydroxyl groups is 1. The van der Waals surface area contributed by atoms with Crippen molar-refractivity contribution in [2.75, 3.05) is 5.32 Å². The largest absolute Gasteiger partial charge is 0.389 e. The van der Waals surface area contributed by atoms with Gasteiger partial charge in [0.25, 0.3) is 0 Å². The number of rotatable bonds is 4. The van der Waals surface area contributed by atoms with Crippen LogP contribution < -0.4 is 10.6 Å². The molecule has 4 heteroatoms. The highest BCUT2D eigenvalue weighted by Gasteiger charge is 2.21. The van der Waals surface area contributed by atoms with Crippen LogP contribution in [0.4, 0.5) is 10.5 Å². The third kappa shape index (κ3) is 4.74.